The van der Waals surface area contributed by atoms with Crippen molar-refractivity contribution in [1.29, 1.82) is 0 Å². The first-order chi connectivity index (χ1) is 7.59. The minimum absolute atomic E-state index is 0.0353. The second kappa shape index (κ2) is 3.58. The van der Waals surface area contributed by atoms with Crippen LogP contribution < -0.4 is 5.73 Å². The van der Waals surface area contributed by atoms with E-state index < -0.39 is 11.9 Å². The zero-order chi connectivity index (χ0) is 11.7. The molecule has 80 valence electrons. The molecular formula is C10H7N3O3. The van der Waals surface area contributed by atoms with Gasteiger partial charge in [-0.15, -0.1) is 0 Å². The molecule has 0 atom stereocenters. The van der Waals surface area contributed by atoms with Gasteiger partial charge in [-0.2, -0.15) is 0 Å². The Labute approximate surface area is 89.7 Å². The number of amides is 1. The van der Waals surface area contributed by atoms with E-state index in [0.717, 1.165) is 6.07 Å². The summed E-state index contributed by atoms with van der Waals surface area (Å²) < 4.78 is 0. The molecule has 0 radical (unpaired) electrons. The van der Waals surface area contributed by atoms with E-state index in [0.29, 0.717) is 10.9 Å². The van der Waals surface area contributed by atoms with E-state index >= 15 is 0 Å². The minimum Gasteiger partial charge on any atom is -0.478 e. The van der Waals surface area contributed by atoms with Gasteiger partial charge in [0.25, 0.3) is 5.91 Å². The van der Waals surface area contributed by atoms with Gasteiger partial charge < -0.3 is 10.8 Å². The Kier molecular flexibility index (Phi) is 2.24. The lowest BCUT2D eigenvalue weighted by Gasteiger charge is -2.03. The number of carbonyl (C=O) groups excluding carboxylic acids is 1. The van der Waals surface area contributed by atoms with Crippen molar-refractivity contribution < 1.29 is 14.7 Å². The van der Waals surface area contributed by atoms with Gasteiger partial charge in [0.05, 0.1) is 11.1 Å². The third-order valence-electron chi connectivity index (χ3n) is 2.09. The predicted molar refractivity (Wildman–Crippen MR) is 55.0 cm³/mol. The van der Waals surface area contributed by atoms with Crippen molar-refractivity contribution in [3.8, 4) is 0 Å². The van der Waals surface area contributed by atoms with Gasteiger partial charge >= 0.3 is 5.97 Å². The van der Waals surface area contributed by atoms with Crippen LogP contribution in [0.2, 0.25) is 0 Å². The van der Waals surface area contributed by atoms with Crippen LogP contribution in [0, 0.1) is 0 Å². The second-order valence-corrected chi connectivity index (χ2v) is 3.12. The smallest absolute Gasteiger partial charge is 0.336 e. The Bertz CT molecular complexity index is 595. The summed E-state index contributed by atoms with van der Waals surface area (Å²) in [5, 5.41) is 9.36. The van der Waals surface area contributed by atoms with Crippen molar-refractivity contribution in [2.24, 2.45) is 5.73 Å². The van der Waals surface area contributed by atoms with Crippen LogP contribution >= 0.6 is 0 Å². The monoisotopic (exact) mass is 217 g/mol. The highest BCUT2D eigenvalue weighted by Crippen LogP contribution is 2.17. The van der Waals surface area contributed by atoms with Gasteiger partial charge in [-0.1, -0.05) is 0 Å². The zero-order valence-electron chi connectivity index (χ0n) is 8.04. The van der Waals surface area contributed by atoms with E-state index in [1.165, 1.54) is 18.5 Å². The topological polar surface area (TPSA) is 106 Å². The third-order valence-corrected chi connectivity index (χ3v) is 2.09. The molecule has 0 bridgehead atoms. The number of pyridine rings is 2. The fourth-order valence-corrected chi connectivity index (χ4v) is 1.37. The van der Waals surface area contributed by atoms with Gasteiger partial charge in [-0.25, -0.2) is 9.78 Å². The van der Waals surface area contributed by atoms with Crippen LogP contribution in [0.4, 0.5) is 0 Å². The number of carboxylic acid groups (broad SMARTS) is 1. The zero-order valence-corrected chi connectivity index (χ0v) is 8.04. The van der Waals surface area contributed by atoms with Crippen molar-refractivity contribution in [3.05, 3.63) is 35.8 Å². The van der Waals surface area contributed by atoms with Crippen LogP contribution in [-0.4, -0.2) is 27.0 Å². The van der Waals surface area contributed by atoms with Crippen LogP contribution in [-0.2, 0) is 0 Å². The lowest BCUT2D eigenvalue weighted by molar-refractivity contribution is 0.0699. The second-order valence-electron chi connectivity index (χ2n) is 3.12. The molecule has 0 aliphatic rings. The molecule has 0 spiro atoms. The maximum absolute atomic E-state index is 11.0. The molecule has 0 unspecified atom stereocenters. The molecule has 0 saturated carbocycles. The van der Waals surface area contributed by atoms with E-state index in [-0.39, 0.29) is 11.3 Å². The standard InChI is InChI=1S/C10H7N3O3/c11-9(14)8-3-5(10(15)16)6-4-12-2-1-7(6)13-8/h1-4H,(H2,11,14)(H,15,16). The summed E-state index contributed by atoms with van der Waals surface area (Å²) >= 11 is 0. The predicted octanol–water partition coefficient (Wildman–Crippen LogP) is 0.427. The number of nitrogens with two attached hydrogens (primary N) is 1. The van der Waals surface area contributed by atoms with Crippen LogP contribution in [0.3, 0.4) is 0 Å². The molecule has 2 aromatic heterocycles. The van der Waals surface area contributed by atoms with Crippen LogP contribution in [0.15, 0.2) is 24.5 Å². The number of aromatic nitrogens is 2. The number of fused-ring (bicyclic) bond motifs is 1. The van der Waals surface area contributed by atoms with Crippen molar-refractivity contribution in [2.45, 2.75) is 0 Å². The SMILES string of the molecule is NC(=O)c1cc(C(=O)O)c2cnccc2n1. The number of nitrogens with zero attached hydrogens (tertiary/aromatic N) is 2. The normalized spacial score (nSPS) is 10.2. The number of carbonyl (C=O) groups is 2. The molecule has 0 saturated heterocycles. The number of carboxylic acids is 1. The molecule has 6 heteroatoms. The number of primary amides is 1. The molecule has 16 heavy (non-hydrogen) atoms. The highest BCUT2D eigenvalue weighted by molar-refractivity contribution is 6.05. The van der Waals surface area contributed by atoms with Crippen molar-refractivity contribution in [2.75, 3.05) is 0 Å². The molecule has 0 fully saturated rings. The van der Waals surface area contributed by atoms with Crippen LogP contribution in [0.5, 0.6) is 0 Å². The molecule has 1 amide bonds. The van der Waals surface area contributed by atoms with Crippen molar-refractivity contribution in [1.82, 2.24) is 9.97 Å². The minimum atomic E-state index is -1.15. The summed E-state index contributed by atoms with van der Waals surface area (Å²) in [5.41, 5.74) is 5.33. The first-order valence-electron chi connectivity index (χ1n) is 4.37. The first kappa shape index (κ1) is 10.0. The number of hydrogen-bond acceptors (Lipinski definition) is 4. The summed E-state index contributed by atoms with van der Waals surface area (Å²) in [6.07, 6.45) is 2.85. The van der Waals surface area contributed by atoms with Crippen LogP contribution in [0.25, 0.3) is 10.9 Å². The molecule has 0 aliphatic carbocycles. The van der Waals surface area contributed by atoms with E-state index in [1.54, 1.807) is 0 Å². The average Bonchev–Trinajstić information content (AvgIpc) is 2.27. The van der Waals surface area contributed by atoms with Crippen LogP contribution in [0.1, 0.15) is 20.8 Å². The number of aromatic carboxylic acids is 1. The Morgan fingerprint density at radius 3 is 2.75 bits per heavy atom. The van der Waals surface area contributed by atoms with Crippen molar-refractivity contribution in [3.63, 3.8) is 0 Å². The molecule has 0 aliphatic heterocycles. The van der Waals surface area contributed by atoms with E-state index in [4.69, 9.17) is 10.8 Å². The van der Waals surface area contributed by atoms with Gasteiger partial charge in [0.2, 0.25) is 0 Å². The molecule has 3 N–H and O–H groups in total. The van der Waals surface area contributed by atoms with Gasteiger partial charge in [-0.05, 0) is 12.1 Å². The van der Waals surface area contributed by atoms with Gasteiger partial charge in [0, 0.05) is 17.8 Å². The Morgan fingerprint density at radius 2 is 2.12 bits per heavy atom. The van der Waals surface area contributed by atoms with E-state index in [2.05, 4.69) is 9.97 Å². The van der Waals surface area contributed by atoms with Gasteiger partial charge in [0.1, 0.15) is 5.69 Å². The maximum Gasteiger partial charge on any atom is 0.336 e. The van der Waals surface area contributed by atoms with E-state index in [9.17, 15) is 9.59 Å². The maximum atomic E-state index is 11.0. The van der Waals surface area contributed by atoms with Gasteiger partial charge in [0.15, 0.2) is 0 Å². The third kappa shape index (κ3) is 1.56. The fourth-order valence-electron chi connectivity index (χ4n) is 1.37. The fraction of sp³-hybridized carbons (Fsp3) is 0. The number of hydrogen-bond donors (Lipinski definition) is 2. The first-order valence-corrected chi connectivity index (χ1v) is 4.37. The summed E-state index contributed by atoms with van der Waals surface area (Å²) in [6, 6.07) is 2.67. The summed E-state index contributed by atoms with van der Waals surface area (Å²) in [5.74, 6) is -1.91. The summed E-state index contributed by atoms with van der Waals surface area (Å²) in [7, 11) is 0. The van der Waals surface area contributed by atoms with E-state index in [1.807, 2.05) is 0 Å². The Hall–Kier alpha value is -2.50. The lowest BCUT2D eigenvalue weighted by Crippen LogP contribution is -2.14. The average molecular weight is 217 g/mol. The molecule has 0 aromatic carbocycles. The largest absolute Gasteiger partial charge is 0.478 e. The molecule has 2 heterocycles. The Morgan fingerprint density at radius 1 is 1.38 bits per heavy atom. The molecular weight excluding hydrogens is 210 g/mol. The highest BCUT2D eigenvalue weighted by atomic mass is 16.4. The molecule has 2 aromatic rings. The summed E-state index contributed by atoms with van der Waals surface area (Å²) in [4.78, 5) is 29.7. The molecule has 6 nitrogen and oxygen atoms in total. The lowest BCUT2D eigenvalue weighted by atomic mass is 10.1. The van der Waals surface area contributed by atoms with Crippen molar-refractivity contribution >= 4 is 22.8 Å². The Balaban J connectivity index is 2.84. The quantitative estimate of drug-likeness (QED) is 0.758. The highest BCUT2D eigenvalue weighted by Gasteiger charge is 2.13. The number of rotatable bonds is 2. The molecule has 2 rings (SSSR count). The summed E-state index contributed by atoms with van der Waals surface area (Å²) in [6.45, 7) is 0. The van der Waals surface area contributed by atoms with Gasteiger partial charge in [-0.3, -0.25) is 9.78 Å².